The molecule has 1 aromatic rings. The minimum Gasteiger partial charge on any atom is -0.481 e. The molecule has 1 fully saturated rings. The number of piperidine rings is 1. The summed E-state index contributed by atoms with van der Waals surface area (Å²) in [6, 6.07) is 5.22. The zero-order valence-electron chi connectivity index (χ0n) is 12.7. The summed E-state index contributed by atoms with van der Waals surface area (Å²) in [7, 11) is 0. The summed E-state index contributed by atoms with van der Waals surface area (Å²) in [6.07, 6.45) is 0.661. The van der Waals surface area contributed by atoms with Crippen LogP contribution >= 0.6 is 11.6 Å². The van der Waals surface area contributed by atoms with Crippen molar-refractivity contribution in [2.24, 2.45) is 5.92 Å². The first kappa shape index (κ1) is 16.6. The average Bonchev–Trinajstić information content (AvgIpc) is 2.50. The van der Waals surface area contributed by atoms with Crippen LogP contribution in [0.4, 0.5) is 0 Å². The molecule has 0 aliphatic carbocycles. The van der Waals surface area contributed by atoms with Crippen molar-refractivity contribution in [1.82, 2.24) is 4.90 Å². The van der Waals surface area contributed by atoms with Crippen LogP contribution in [0.1, 0.15) is 25.3 Å². The van der Waals surface area contributed by atoms with Gasteiger partial charge >= 0.3 is 5.97 Å². The first-order valence-corrected chi connectivity index (χ1v) is 7.70. The molecule has 1 aliphatic heterocycles. The molecule has 1 N–H and O–H groups in total. The number of carboxylic acids is 1. The lowest BCUT2D eigenvalue weighted by molar-refractivity contribution is -0.147. The van der Waals surface area contributed by atoms with Gasteiger partial charge in [-0.05, 0) is 50.5 Å². The van der Waals surface area contributed by atoms with E-state index in [1.807, 2.05) is 6.92 Å². The molecule has 22 heavy (non-hydrogen) atoms. The number of aryl methyl sites for hydroxylation is 1. The molecule has 1 heterocycles. The molecule has 0 spiro atoms. The quantitative estimate of drug-likeness (QED) is 0.924. The Morgan fingerprint density at radius 1 is 1.45 bits per heavy atom. The van der Waals surface area contributed by atoms with Crippen LogP contribution in [0.3, 0.4) is 0 Å². The molecule has 0 aromatic heterocycles. The number of aliphatic carboxylic acids is 1. The van der Waals surface area contributed by atoms with E-state index in [-0.39, 0.29) is 12.5 Å². The number of hydrogen-bond donors (Lipinski definition) is 1. The summed E-state index contributed by atoms with van der Waals surface area (Å²) in [5.74, 6) is -0.935. The van der Waals surface area contributed by atoms with E-state index in [2.05, 4.69) is 0 Å². The van der Waals surface area contributed by atoms with Gasteiger partial charge in [-0.3, -0.25) is 9.59 Å². The molecular formula is C16H20ClNO4. The number of amides is 1. The summed E-state index contributed by atoms with van der Waals surface area (Å²) < 4.78 is 5.66. The minimum atomic E-state index is -0.848. The van der Waals surface area contributed by atoms with Gasteiger partial charge in [0.05, 0.1) is 5.92 Å². The number of carbonyl (C=O) groups excluding carboxylic acids is 1. The Morgan fingerprint density at radius 3 is 2.82 bits per heavy atom. The van der Waals surface area contributed by atoms with Gasteiger partial charge in [0.2, 0.25) is 0 Å². The van der Waals surface area contributed by atoms with Crippen LogP contribution in [0, 0.1) is 12.8 Å². The summed E-state index contributed by atoms with van der Waals surface area (Å²) in [5, 5.41) is 9.73. The lowest BCUT2D eigenvalue weighted by Crippen LogP contribution is -2.47. The molecule has 2 rings (SSSR count). The largest absolute Gasteiger partial charge is 0.481 e. The first-order chi connectivity index (χ1) is 10.4. The number of nitrogens with zero attached hydrogens (tertiary/aromatic N) is 1. The first-order valence-electron chi connectivity index (χ1n) is 7.33. The second kappa shape index (κ2) is 7.01. The molecule has 5 nitrogen and oxygen atoms in total. The van der Waals surface area contributed by atoms with Crippen LogP contribution in [0.25, 0.3) is 0 Å². The van der Waals surface area contributed by atoms with Crippen molar-refractivity contribution in [2.75, 3.05) is 13.1 Å². The van der Waals surface area contributed by atoms with E-state index < -0.39 is 18.0 Å². The van der Waals surface area contributed by atoms with Crippen molar-refractivity contribution >= 4 is 23.5 Å². The number of ether oxygens (including phenoxy) is 1. The van der Waals surface area contributed by atoms with Crippen LogP contribution in [-0.4, -0.2) is 41.1 Å². The van der Waals surface area contributed by atoms with E-state index in [0.29, 0.717) is 30.2 Å². The van der Waals surface area contributed by atoms with Gasteiger partial charge in [-0.1, -0.05) is 11.6 Å². The van der Waals surface area contributed by atoms with Crippen molar-refractivity contribution in [3.8, 4) is 5.75 Å². The summed E-state index contributed by atoms with van der Waals surface area (Å²) in [5.41, 5.74) is 0.878. The molecule has 0 radical (unpaired) electrons. The van der Waals surface area contributed by atoms with Crippen LogP contribution < -0.4 is 4.74 Å². The Morgan fingerprint density at radius 2 is 2.18 bits per heavy atom. The van der Waals surface area contributed by atoms with E-state index in [1.165, 1.54) is 0 Å². The molecule has 2 unspecified atom stereocenters. The number of hydrogen-bond acceptors (Lipinski definition) is 3. The van der Waals surface area contributed by atoms with Crippen molar-refractivity contribution in [3.05, 3.63) is 28.8 Å². The molecule has 120 valence electrons. The molecule has 1 aromatic carbocycles. The fraction of sp³-hybridized carbons (Fsp3) is 0.500. The van der Waals surface area contributed by atoms with Crippen molar-refractivity contribution in [2.45, 2.75) is 32.8 Å². The smallest absolute Gasteiger partial charge is 0.308 e. The number of likely N-dealkylation sites (tertiary alicyclic amines) is 1. The molecule has 0 saturated carbocycles. The topological polar surface area (TPSA) is 66.8 Å². The van der Waals surface area contributed by atoms with Crippen LogP contribution in [0.15, 0.2) is 18.2 Å². The fourth-order valence-electron chi connectivity index (χ4n) is 2.58. The summed E-state index contributed by atoms with van der Waals surface area (Å²) >= 11 is 5.96. The third-order valence-electron chi connectivity index (χ3n) is 3.87. The van der Waals surface area contributed by atoms with Gasteiger partial charge in [0.25, 0.3) is 5.91 Å². The normalized spacial score (nSPS) is 19.6. The van der Waals surface area contributed by atoms with E-state index in [9.17, 15) is 9.59 Å². The zero-order chi connectivity index (χ0) is 16.3. The minimum absolute atomic E-state index is 0.182. The van der Waals surface area contributed by atoms with Crippen molar-refractivity contribution in [1.29, 1.82) is 0 Å². The summed E-state index contributed by atoms with van der Waals surface area (Å²) in [6.45, 7) is 4.37. The predicted molar refractivity (Wildman–Crippen MR) is 83.2 cm³/mol. The Labute approximate surface area is 134 Å². The van der Waals surface area contributed by atoms with Gasteiger partial charge in [-0.15, -0.1) is 0 Å². The van der Waals surface area contributed by atoms with E-state index >= 15 is 0 Å². The fourth-order valence-corrected chi connectivity index (χ4v) is 2.70. The molecule has 2 atom stereocenters. The van der Waals surface area contributed by atoms with E-state index in [4.69, 9.17) is 21.4 Å². The number of carbonyl (C=O) groups is 2. The Balaban J connectivity index is 1.99. The maximum absolute atomic E-state index is 12.4. The number of benzene rings is 1. The molecule has 6 heteroatoms. The third-order valence-corrected chi connectivity index (χ3v) is 4.30. The lowest BCUT2D eigenvalue weighted by Gasteiger charge is -2.32. The standard InChI is InChI=1S/C16H20ClNO4/c1-10-8-13(5-6-14(10)17)22-11(2)15(19)18-7-3-4-12(9-18)16(20)21/h5-6,8,11-12H,3-4,7,9H2,1-2H3,(H,20,21). The monoisotopic (exact) mass is 325 g/mol. The van der Waals surface area contributed by atoms with Gasteiger partial charge in [-0.25, -0.2) is 0 Å². The van der Waals surface area contributed by atoms with E-state index in [0.717, 1.165) is 5.56 Å². The highest BCUT2D eigenvalue weighted by Gasteiger charge is 2.30. The molecule has 1 amide bonds. The third kappa shape index (κ3) is 3.91. The predicted octanol–water partition coefficient (Wildman–Crippen LogP) is 2.74. The highest BCUT2D eigenvalue weighted by Crippen LogP contribution is 2.23. The van der Waals surface area contributed by atoms with Crippen molar-refractivity contribution in [3.63, 3.8) is 0 Å². The SMILES string of the molecule is Cc1cc(OC(C)C(=O)N2CCCC(C(=O)O)C2)ccc1Cl. The summed E-state index contributed by atoms with van der Waals surface area (Å²) in [4.78, 5) is 25.1. The van der Waals surface area contributed by atoms with Gasteiger partial charge in [-0.2, -0.15) is 0 Å². The number of halogens is 1. The van der Waals surface area contributed by atoms with Gasteiger partial charge < -0.3 is 14.7 Å². The second-order valence-electron chi connectivity index (χ2n) is 5.63. The zero-order valence-corrected chi connectivity index (χ0v) is 13.5. The van der Waals surface area contributed by atoms with Gasteiger partial charge in [0.15, 0.2) is 6.10 Å². The van der Waals surface area contributed by atoms with Gasteiger partial charge in [0, 0.05) is 18.1 Å². The Hall–Kier alpha value is -1.75. The van der Waals surface area contributed by atoms with Gasteiger partial charge in [0.1, 0.15) is 5.75 Å². The average molecular weight is 326 g/mol. The number of carboxylic acid groups (broad SMARTS) is 1. The second-order valence-corrected chi connectivity index (χ2v) is 6.04. The van der Waals surface area contributed by atoms with Crippen molar-refractivity contribution < 1.29 is 19.4 Å². The van der Waals surface area contributed by atoms with Crippen LogP contribution in [0.5, 0.6) is 5.75 Å². The Kier molecular flexibility index (Phi) is 5.29. The lowest BCUT2D eigenvalue weighted by atomic mass is 9.98. The molecular weight excluding hydrogens is 306 g/mol. The maximum Gasteiger partial charge on any atom is 0.308 e. The highest BCUT2D eigenvalue weighted by atomic mass is 35.5. The number of rotatable bonds is 4. The Bertz CT molecular complexity index is 575. The maximum atomic E-state index is 12.4. The van der Waals surface area contributed by atoms with Crippen LogP contribution in [-0.2, 0) is 9.59 Å². The molecule has 0 bridgehead atoms. The van der Waals surface area contributed by atoms with Crippen LogP contribution in [0.2, 0.25) is 5.02 Å². The highest BCUT2D eigenvalue weighted by molar-refractivity contribution is 6.31. The molecule has 1 saturated heterocycles. The van der Waals surface area contributed by atoms with E-state index in [1.54, 1.807) is 30.0 Å². The molecule has 1 aliphatic rings.